The van der Waals surface area contributed by atoms with Gasteiger partial charge in [-0.2, -0.15) is 0 Å². The molecule has 0 aliphatic heterocycles. The molecule has 15 heavy (non-hydrogen) atoms. The molecule has 0 spiro atoms. The summed E-state index contributed by atoms with van der Waals surface area (Å²) in [5.41, 5.74) is 0.532. The smallest absolute Gasteiger partial charge is 0.0331 e. The lowest BCUT2D eigenvalue weighted by atomic mass is 9.76. The van der Waals surface area contributed by atoms with Gasteiger partial charge in [0.15, 0.2) is 0 Å². The molecule has 0 aromatic carbocycles. The van der Waals surface area contributed by atoms with Crippen molar-refractivity contribution in [2.24, 2.45) is 17.3 Å². The van der Waals surface area contributed by atoms with Crippen molar-refractivity contribution in [3.05, 3.63) is 0 Å². The van der Waals surface area contributed by atoms with Crippen LogP contribution >= 0.6 is 0 Å². The molecule has 0 heterocycles. The van der Waals surface area contributed by atoms with Crippen LogP contribution in [-0.4, -0.2) is 0 Å². The SMILES string of the molecule is CCCCC(C)CCCC(C)(C)C(C)C. The first-order chi connectivity index (χ1) is 6.90. The van der Waals surface area contributed by atoms with E-state index >= 15 is 0 Å². The van der Waals surface area contributed by atoms with E-state index < -0.39 is 0 Å². The third kappa shape index (κ3) is 6.98. The zero-order valence-corrected chi connectivity index (χ0v) is 11.9. The minimum atomic E-state index is 0.532. The predicted molar refractivity (Wildman–Crippen MR) is 71.2 cm³/mol. The minimum Gasteiger partial charge on any atom is -0.0654 e. The first-order valence-electron chi connectivity index (χ1n) is 6.90. The predicted octanol–water partition coefficient (Wildman–Crippen LogP) is 5.67. The van der Waals surface area contributed by atoms with Crippen LogP contribution in [0.15, 0.2) is 0 Å². The zero-order chi connectivity index (χ0) is 11.9. The summed E-state index contributed by atoms with van der Waals surface area (Å²) in [6.07, 6.45) is 8.42. The fourth-order valence-corrected chi connectivity index (χ4v) is 1.89. The number of hydrogen-bond acceptors (Lipinski definition) is 0. The highest BCUT2D eigenvalue weighted by Crippen LogP contribution is 2.32. The van der Waals surface area contributed by atoms with Crippen molar-refractivity contribution in [2.45, 2.75) is 80.1 Å². The number of rotatable bonds is 8. The van der Waals surface area contributed by atoms with E-state index in [4.69, 9.17) is 0 Å². The van der Waals surface area contributed by atoms with Crippen molar-refractivity contribution in [3.8, 4) is 0 Å². The lowest BCUT2D eigenvalue weighted by Gasteiger charge is -2.29. The molecule has 0 aliphatic rings. The zero-order valence-electron chi connectivity index (χ0n) is 11.9. The second-order valence-corrected chi connectivity index (χ2v) is 6.28. The molecule has 0 bridgehead atoms. The Morgan fingerprint density at radius 2 is 1.47 bits per heavy atom. The minimum absolute atomic E-state index is 0.532. The summed E-state index contributed by atoms with van der Waals surface area (Å²) in [4.78, 5) is 0. The van der Waals surface area contributed by atoms with Gasteiger partial charge < -0.3 is 0 Å². The Morgan fingerprint density at radius 3 is 1.93 bits per heavy atom. The molecule has 0 aromatic rings. The van der Waals surface area contributed by atoms with Gasteiger partial charge in [-0.1, -0.05) is 73.6 Å². The standard InChI is InChI=1S/C15H32/c1-7-8-10-14(4)11-9-12-15(5,6)13(2)3/h13-14H,7-12H2,1-6H3. The van der Waals surface area contributed by atoms with Crippen molar-refractivity contribution < 1.29 is 0 Å². The maximum atomic E-state index is 2.41. The number of hydrogen-bond donors (Lipinski definition) is 0. The fourth-order valence-electron chi connectivity index (χ4n) is 1.89. The number of unbranched alkanes of at least 4 members (excludes halogenated alkanes) is 1. The lowest BCUT2D eigenvalue weighted by molar-refractivity contribution is 0.216. The van der Waals surface area contributed by atoms with Gasteiger partial charge in [0.05, 0.1) is 0 Å². The monoisotopic (exact) mass is 212 g/mol. The van der Waals surface area contributed by atoms with E-state index in [9.17, 15) is 0 Å². The summed E-state index contributed by atoms with van der Waals surface area (Å²) in [6.45, 7) is 14.2. The van der Waals surface area contributed by atoms with Crippen molar-refractivity contribution in [3.63, 3.8) is 0 Å². The summed E-state index contributed by atoms with van der Waals surface area (Å²) < 4.78 is 0. The Labute approximate surface area is 97.8 Å². The molecular formula is C15H32. The summed E-state index contributed by atoms with van der Waals surface area (Å²) in [6, 6.07) is 0. The normalized spacial score (nSPS) is 14.6. The van der Waals surface area contributed by atoms with Crippen molar-refractivity contribution >= 4 is 0 Å². The van der Waals surface area contributed by atoms with Crippen LogP contribution in [0.25, 0.3) is 0 Å². The van der Waals surface area contributed by atoms with E-state index in [2.05, 4.69) is 41.5 Å². The van der Waals surface area contributed by atoms with Gasteiger partial charge in [0.1, 0.15) is 0 Å². The van der Waals surface area contributed by atoms with E-state index in [0.717, 1.165) is 11.8 Å². The van der Waals surface area contributed by atoms with Gasteiger partial charge in [-0.3, -0.25) is 0 Å². The maximum absolute atomic E-state index is 2.41. The largest absolute Gasteiger partial charge is 0.0654 e. The van der Waals surface area contributed by atoms with Crippen LogP contribution in [0.2, 0.25) is 0 Å². The highest BCUT2D eigenvalue weighted by atomic mass is 14.3. The molecule has 0 saturated carbocycles. The van der Waals surface area contributed by atoms with Gasteiger partial charge in [0, 0.05) is 0 Å². The third-order valence-corrected chi connectivity index (χ3v) is 4.13. The Balaban J connectivity index is 3.60. The molecule has 0 amide bonds. The highest BCUT2D eigenvalue weighted by Gasteiger charge is 2.21. The van der Waals surface area contributed by atoms with Crippen LogP contribution in [0, 0.1) is 17.3 Å². The van der Waals surface area contributed by atoms with Gasteiger partial charge in [0.25, 0.3) is 0 Å². The van der Waals surface area contributed by atoms with E-state index in [0.29, 0.717) is 5.41 Å². The quantitative estimate of drug-likeness (QED) is 0.486. The van der Waals surface area contributed by atoms with Gasteiger partial charge >= 0.3 is 0 Å². The van der Waals surface area contributed by atoms with Crippen LogP contribution < -0.4 is 0 Å². The Bertz CT molecular complexity index is 144. The summed E-state index contributed by atoms with van der Waals surface area (Å²) in [7, 11) is 0. The molecule has 0 radical (unpaired) electrons. The molecule has 1 unspecified atom stereocenters. The van der Waals surface area contributed by atoms with Crippen molar-refractivity contribution in [1.82, 2.24) is 0 Å². The topological polar surface area (TPSA) is 0 Å². The van der Waals surface area contributed by atoms with Crippen LogP contribution in [0.4, 0.5) is 0 Å². The maximum Gasteiger partial charge on any atom is -0.0331 e. The Morgan fingerprint density at radius 1 is 0.933 bits per heavy atom. The van der Waals surface area contributed by atoms with E-state index in [-0.39, 0.29) is 0 Å². The lowest BCUT2D eigenvalue weighted by Crippen LogP contribution is -2.19. The van der Waals surface area contributed by atoms with Gasteiger partial charge in [-0.25, -0.2) is 0 Å². The Kier molecular flexibility index (Phi) is 7.30. The molecule has 0 N–H and O–H groups in total. The van der Waals surface area contributed by atoms with E-state index in [1.54, 1.807) is 0 Å². The molecular weight excluding hydrogens is 180 g/mol. The molecule has 1 atom stereocenters. The summed E-state index contributed by atoms with van der Waals surface area (Å²) in [5.74, 6) is 1.75. The van der Waals surface area contributed by atoms with Crippen LogP contribution in [0.5, 0.6) is 0 Å². The Hall–Kier alpha value is 0. The molecule has 0 heteroatoms. The average molecular weight is 212 g/mol. The fraction of sp³-hybridized carbons (Fsp3) is 1.00. The molecule has 0 fully saturated rings. The van der Waals surface area contributed by atoms with Gasteiger partial charge in [-0.05, 0) is 23.7 Å². The van der Waals surface area contributed by atoms with Crippen LogP contribution in [-0.2, 0) is 0 Å². The highest BCUT2D eigenvalue weighted by molar-refractivity contribution is 4.72. The second-order valence-electron chi connectivity index (χ2n) is 6.28. The first kappa shape index (κ1) is 15.0. The average Bonchev–Trinajstić information content (AvgIpc) is 2.14. The van der Waals surface area contributed by atoms with Gasteiger partial charge in [0.2, 0.25) is 0 Å². The van der Waals surface area contributed by atoms with Crippen molar-refractivity contribution in [1.29, 1.82) is 0 Å². The van der Waals surface area contributed by atoms with Gasteiger partial charge in [-0.15, -0.1) is 0 Å². The first-order valence-corrected chi connectivity index (χ1v) is 6.90. The van der Waals surface area contributed by atoms with E-state index in [1.807, 2.05) is 0 Å². The molecule has 0 nitrogen and oxygen atoms in total. The molecule has 0 rings (SSSR count). The summed E-state index contributed by atoms with van der Waals surface area (Å²) in [5, 5.41) is 0. The van der Waals surface area contributed by atoms with Crippen LogP contribution in [0.3, 0.4) is 0 Å². The molecule has 0 saturated heterocycles. The summed E-state index contributed by atoms with van der Waals surface area (Å²) >= 11 is 0. The molecule has 92 valence electrons. The van der Waals surface area contributed by atoms with Crippen molar-refractivity contribution in [2.75, 3.05) is 0 Å². The molecule has 0 aromatic heterocycles. The van der Waals surface area contributed by atoms with Crippen LogP contribution in [0.1, 0.15) is 80.1 Å². The second kappa shape index (κ2) is 7.30. The molecule has 0 aliphatic carbocycles. The van der Waals surface area contributed by atoms with E-state index in [1.165, 1.54) is 38.5 Å². The third-order valence-electron chi connectivity index (χ3n) is 4.13.